The number of sulfonamides is 1. The van der Waals surface area contributed by atoms with Crippen molar-refractivity contribution in [2.45, 2.75) is 31.6 Å². The summed E-state index contributed by atoms with van der Waals surface area (Å²) < 4.78 is 34.8. The molecule has 4 rings (SSSR count). The Morgan fingerprint density at radius 3 is 2.55 bits per heavy atom. The number of hydrogen-bond acceptors (Lipinski definition) is 4. The molecular weight excluding hydrogens is 412 g/mol. The van der Waals surface area contributed by atoms with Gasteiger partial charge in [0.05, 0.1) is 11.4 Å². The third kappa shape index (κ3) is 4.78. The van der Waals surface area contributed by atoms with Gasteiger partial charge in [0.25, 0.3) is 5.91 Å². The second-order valence-electron chi connectivity index (χ2n) is 7.68. The number of rotatable bonds is 6. The molecule has 0 spiro atoms. The summed E-state index contributed by atoms with van der Waals surface area (Å²) in [5.41, 5.74) is 4.80. The van der Waals surface area contributed by atoms with Crippen LogP contribution in [0.2, 0.25) is 0 Å². The average Bonchev–Trinajstić information content (AvgIpc) is 2.74. The summed E-state index contributed by atoms with van der Waals surface area (Å²) in [6.45, 7) is 3.78. The van der Waals surface area contributed by atoms with Crippen molar-refractivity contribution in [2.75, 3.05) is 16.6 Å². The molecule has 0 radical (unpaired) electrons. The summed E-state index contributed by atoms with van der Waals surface area (Å²) in [6, 6.07) is 18.5. The molecule has 1 heterocycles. The molecular formula is C24H24N2O4S. The monoisotopic (exact) mass is 436 g/mol. The molecule has 0 fully saturated rings. The highest BCUT2D eigenvalue weighted by Gasteiger charge is 2.29. The van der Waals surface area contributed by atoms with Crippen molar-refractivity contribution in [3.05, 3.63) is 82.9 Å². The Balaban J connectivity index is 1.70. The van der Waals surface area contributed by atoms with Crippen molar-refractivity contribution in [1.82, 2.24) is 0 Å². The lowest BCUT2D eigenvalue weighted by molar-refractivity contribution is -0.118. The van der Waals surface area contributed by atoms with E-state index in [1.165, 1.54) is 6.07 Å². The minimum Gasteiger partial charge on any atom is -0.588 e. The number of ether oxygens (including phenoxy) is 1. The Bertz CT molecular complexity index is 1180. The summed E-state index contributed by atoms with van der Waals surface area (Å²) in [5.74, 6) is 0.0916. The van der Waals surface area contributed by atoms with Crippen molar-refractivity contribution in [3.63, 3.8) is 0 Å². The van der Waals surface area contributed by atoms with E-state index in [-0.39, 0.29) is 17.4 Å². The van der Waals surface area contributed by atoms with Gasteiger partial charge in [-0.2, -0.15) is 0 Å². The van der Waals surface area contributed by atoms with Crippen LogP contribution in [-0.4, -0.2) is 17.1 Å². The number of hydrogen-bond donors (Lipinski definition) is 2. The van der Waals surface area contributed by atoms with Crippen LogP contribution in [-0.2, 0) is 32.2 Å². The van der Waals surface area contributed by atoms with E-state index >= 15 is 0 Å². The Labute approximate surface area is 183 Å². The molecule has 2 N–H and O–H groups in total. The van der Waals surface area contributed by atoms with Gasteiger partial charge in [0, 0.05) is 11.6 Å². The minimum absolute atomic E-state index is 0.138. The van der Waals surface area contributed by atoms with Crippen LogP contribution < -0.4 is 14.8 Å². The van der Waals surface area contributed by atoms with Gasteiger partial charge in [0.1, 0.15) is 5.75 Å². The molecule has 0 saturated heterocycles. The Morgan fingerprint density at radius 1 is 1.03 bits per heavy atom. The van der Waals surface area contributed by atoms with Crippen LogP contribution >= 0.6 is 0 Å². The molecule has 1 unspecified atom stereocenters. The molecule has 0 aromatic heterocycles. The molecule has 3 aromatic rings. The van der Waals surface area contributed by atoms with Crippen LogP contribution in [0.1, 0.15) is 22.3 Å². The van der Waals surface area contributed by atoms with Gasteiger partial charge < -0.3 is 14.6 Å². The van der Waals surface area contributed by atoms with Crippen LogP contribution in [0.4, 0.5) is 11.4 Å². The summed E-state index contributed by atoms with van der Waals surface area (Å²) in [7, 11) is -3.87. The van der Waals surface area contributed by atoms with Crippen molar-refractivity contribution < 1.29 is 18.3 Å². The molecule has 3 aromatic carbocycles. The molecule has 1 amide bonds. The second-order valence-corrected chi connectivity index (χ2v) is 9.33. The van der Waals surface area contributed by atoms with Crippen LogP contribution in [0.25, 0.3) is 0 Å². The molecule has 1 aliphatic heterocycles. The maximum atomic E-state index is 13.3. The molecule has 6 nitrogen and oxygen atoms in total. The third-order valence-electron chi connectivity index (χ3n) is 5.37. The Hall–Kier alpha value is -3.16. The zero-order valence-electron chi connectivity index (χ0n) is 17.4. The van der Waals surface area contributed by atoms with E-state index in [2.05, 4.69) is 10.0 Å². The lowest BCUT2D eigenvalue weighted by atomic mass is 10.0. The molecule has 0 saturated carbocycles. The number of amides is 1. The average molecular weight is 437 g/mol. The quantitative estimate of drug-likeness (QED) is 0.559. The van der Waals surface area contributed by atoms with Crippen molar-refractivity contribution in [1.29, 1.82) is 0 Å². The van der Waals surface area contributed by atoms with Crippen molar-refractivity contribution >= 4 is 27.7 Å². The molecule has 31 heavy (non-hydrogen) atoms. The number of aryl methyl sites for hydroxylation is 4. The SMILES string of the molecule is Cc1ccc(N[S+](=O)([O-])c2cc3c(cc2CCc2ccccc2)NC(=O)CO3)cc1C. The number of nitrogens with one attached hydrogen (secondary N) is 2. The highest BCUT2D eigenvalue weighted by atomic mass is 32.3. The molecule has 0 aliphatic carbocycles. The van der Waals surface area contributed by atoms with Gasteiger partial charge in [0.2, 0.25) is 0 Å². The Morgan fingerprint density at radius 2 is 1.81 bits per heavy atom. The number of benzene rings is 3. The zero-order valence-corrected chi connectivity index (χ0v) is 18.3. The van der Waals surface area contributed by atoms with Gasteiger partial charge in [-0.05, 0) is 61.6 Å². The number of carbonyl (C=O) groups is 1. The fraction of sp³-hybridized carbons (Fsp3) is 0.208. The van der Waals surface area contributed by atoms with Crippen LogP contribution in [0.15, 0.2) is 65.6 Å². The van der Waals surface area contributed by atoms with Crippen LogP contribution in [0.3, 0.4) is 0 Å². The molecule has 160 valence electrons. The first-order valence-electron chi connectivity index (χ1n) is 10.1. The van der Waals surface area contributed by atoms with Crippen LogP contribution in [0.5, 0.6) is 5.75 Å². The highest BCUT2D eigenvalue weighted by Crippen LogP contribution is 2.36. The summed E-state index contributed by atoms with van der Waals surface area (Å²) in [6.07, 6.45) is 1.16. The van der Waals surface area contributed by atoms with Gasteiger partial charge in [-0.3, -0.25) is 4.79 Å². The fourth-order valence-corrected chi connectivity index (χ4v) is 4.85. The first-order valence-corrected chi connectivity index (χ1v) is 11.5. The molecule has 1 atom stereocenters. The van der Waals surface area contributed by atoms with Gasteiger partial charge in [-0.1, -0.05) is 40.6 Å². The van der Waals surface area contributed by atoms with E-state index in [1.807, 2.05) is 56.3 Å². The summed E-state index contributed by atoms with van der Waals surface area (Å²) >= 11 is 0. The van der Waals surface area contributed by atoms with Gasteiger partial charge >= 0.3 is 0 Å². The highest BCUT2D eigenvalue weighted by molar-refractivity contribution is 7.99. The van der Waals surface area contributed by atoms with Gasteiger partial charge in [-0.15, -0.1) is 0 Å². The van der Waals surface area contributed by atoms with E-state index in [1.54, 1.807) is 12.1 Å². The largest absolute Gasteiger partial charge is 0.588 e. The maximum Gasteiger partial charge on any atom is 0.262 e. The van der Waals surface area contributed by atoms with Gasteiger partial charge in [0.15, 0.2) is 21.9 Å². The fourth-order valence-electron chi connectivity index (χ4n) is 3.54. The molecule has 0 bridgehead atoms. The first kappa shape index (κ1) is 21.1. The molecule has 7 heteroatoms. The zero-order chi connectivity index (χ0) is 22.0. The smallest absolute Gasteiger partial charge is 0.262 e. The maximum absolute atomic E-state index is 13.3. The summed E-state index contributed by atoms with van der Waals surface area (Å²) in [4.78, 5) is 11.9. The topological polar surface area (TPSA) is 90.5 Å². The standard InChI is InChI=1S/C24H24N2O4S/c1-16-8-11-20(12-17(16)2)26-31(28,29)23-14-22-21(25-24(27)15-30-22)13-19(23)10-9-18-6-4-3-5-7-18/h3-8,11-14H,9-10,15H2,1-2H3,(H2-,25,26,27,28,29). The number of carbonyl (C=O) groups excluding carboxylic acids is 1. The lowest BCUT2D eigenvalue weighted by Gasteiger charge is -2.23. The number of fused-ring (bicyclic) bond motifs is 1. The predicted molar refractivity (Wildman–Crippen MR) is 121 cm³/mol. The van der Waals surface area contributed by atoms with E-state index in [0.29, 0.717) is 35.5 Å². The van der Waals surface area contributed by atoms with E-state index in [0.717, 1.165) is 16.7 Å². The lowest BCUT2D eigenvalue weighted by Crippen LogP contribution is -2.27. The number of anilines is 2. The summed E-state index contributed by atoms with van der Waals surface area (Å²) in [5, 5.41) is 2.76. The molecule has 1 aliphatic rings. The van der Waals surface area contributed by atoms with E-state index < -0.39 is 10.4 Å². The Kier molecular flexibility index (Phi) is 5.80. The van der Waals surface area contributed by atoms with Gasteiger partial charge in [-0.25, -0.2) is 4.72 Å². The first-order chi connectivity index (χ1) is 14.8. The third-order valence-corrected chi connectivity index (χ3v) is 6.83. The normalized spacial score (nSPS) is 14.7. The van der Waals surface area contributed by atoms with E-state index in [4.69, 9.17) is 4.74 Å². The minimum atomic E-state index is -3.87. The van der Waals surface area contributed by atoms with Crippen molar-refractivity contribution in [3.8, 4) is 5.75 Å². The second kappa shape index (κ2) is 8.53. The van der Waals surface area contributed by atoms with Crippen LogP contribution in [0, 0.1) is 13.8 Å². The van der Waals surface area contributed by atoms with E-state index in [9.17, 15) is 13.6 Å². The van der Waals surface area contributed by atoms with Crippen molar-refractivity contribution in [2.24, 2.45) is 0 Å². The predicted octanol–water partition coefficient (Wildman–Crippen LogP) is 4.44.